The molecule has 2 aliphatic heterocycles. The van der Waals surface area contributed by atoms with Crippen LogP contribution in [0.4, 0.5) is 14.1 Å². The Bertz CT molecular complexity index is 6690. The fraction of sp³-hybridized carbons (Fsp3) is 0.286. The molecule has 0 radical (unpaired) electrons. The molecule has 5 atom stereocenters. The number of nitrogens with zero attached hydrogens (tertiary/aromatic N) is 2. The first-order valence-electron chi connectivity index (χ1n) is 46.4. The Balaban J connectivity index is 0.000000214. The largest absolute Gasteiger partial charge is 0.166 e. The van der Waals surface area contributed by atoms with Crippen LogP contribution in [0.5, 0.6) is 0 Å². The predicted octanol–water partition coefficient (Wildman–Crippen LogP) is 24.2. The Morgan fingerprint density at radius 3 is 1.23 bits per heavy atom. The zero-order valence-electron chi connectivity index (χ0n) is 83.6. The Hall–Kier alpha value is -10.1. The summed E-state index contributed by atoms with van der Waals surface area (Å²) in [7, 11) is -15.4. The minimum atomic E-state index is -9.19. The summed E-state index contributed by atoms with van der Waals surface area (Å²) in [5, 5.41) is 24.4. The third-order valence-corrected chi connectivity index (χ3v) is 36.0. The Kier molecular flexibility index (Phi) is 45.6. The molecule has 0 amide bonds. The van der Waals surface area contributed by atoms with Crippen LogP contribution in [0.2, 0.25) is 0 Å². The summed E-state index contributed by atoms with van der Waals surface area (Å²) in [4.78, 5) is 38.4. The van der Waals surface area contributed by atoms with Crippen molar-refractivity contribution in [2.75, 3.05) is 32.2 Å². The number of ketones is 1. The summed E-state index contributed by atoms with van der Waals surface area (Å²) in [6, 6.07) is 111. The van der Waals surface area contributed by atoms with Crippen molar-refractivity contribution < 1.29 is 98.2 Å². The monoisotopic (exact) mass is 2310 g/mol. The SMILES string of the molecule is C.CC(=O)C(C)(COS(=O)(=O)c1ccc(C)cc1)C(=O)OC(C)(C)C.CCCS(=O)(=O)O/N=C1C=C/C(=C(\C#N)c2ccccc2C)S\1.Cc1ccc(S(=O)(=O)OC2CC3CC(C3(C)C)C2(C)O)cc1.Cc1ccc(S(=O)(=O)OCCC2(C)OCCO2)cc1.[F-].[F][Sb]([F])([F])([F])[F].c1ccc(Sc2ccc([S+](c3ccccc3)c3ccccc3)cc2)cc1.c1ccc(Sc2ccc([S+](c3ccccc3)c3ccccc3)cc2)cc1. The number of Topliss-reactive ketones (excluding diaryl/α,β-unsaturated/α-hetero) is 1. The predicted molar refractivity (Wildman–Crippen MR) is 577 cm³/mol. The van der Waals surface area contributed by atoms with Crippen molar-refractivity contribution >= 4 is 140 Å². The van der Waals surface area contributed by atoms with Gasteiger partial charge in [0.2, 0.25) is 0 Å². The standard InChI is InChI=1S/2C24H19S2.C17H24O6S.C17H24O4S.C16H16N2O3S2.C13H18O5S.CH4.6FH.Sb/c2*1-4-10-20(11-5-1)25-21-16-18-24(19-17-21)26(22-12-6-2-7-13-22)23-14-8-3-9-15-23;1-12-7-9-14(10-8-12)24(20,21)22-11-17(6,13(2)18)15(19)23-16(3,4)5;1-11-5-7-13(8-6-11)22(19,20)21-15-10-12-9-14(16(12,2)3)17(15,4)18;1-3-10-23(19,20)21-18-16-9-8-15(22-16)14(11-17)13-7-5-4-6-12(13)2;1-11-3-5-12(6-4-11)19(14,15)18-8-7-13(2)16-9-10-17-13;;;;;;;;/h2*1-19H;7-10H,11H2,1-6H3;5-8,12,14-15,18H,9-10H2,1-4H3;4-9H,3,10H2,1-2H3;3-6H,7-10H2,1-2H3;1H4;6*1H;/q2*+1;;;;;;;;;;;;+5/p-6/b;;;;15-14-,18-16+;;;;;;;;;. The van der Waals surface area contributed by atoms with Crippen molar-refractivity contribution in [2.24, 2.45) is 27.8 Å². The van der Waals surface area contributed by atoms with Crippen LogP contribution in [0.1, 0.15) is 130 Å². The van der Waals surface area contributed by atoms with Gasteiger partial charge in [-0.2, -0.15) is 38.9 Å². The molecule has 4 fully saturated rings. The fourth-order valence-corrected chi connectivity index (χ4v) is 25.8. The third-order valence-electron chi connectivity index (χ3n) is 23.4. The Morgan fingerprint density at radius 1 is 0.514 bits per heavy atom. The zero-order valence-corrected chi connectivity index (χ0v) is 93.5. The van der Waals surface area contributed by atoms with Gasteiger partial charge in [0, 0.05) is 30.9 Å². The molecule has 3 saturated carbocycles. The molecule has 1 N–H and O–H groups in total. The van der Waals surface area contributed by atoms with Crippen molar-refractivity contribution in [3.8, 4) is 6.07 Å². The second-order valence-corrected chi connectivity index (χ2v) is 53.9. The molecule has 36 heteroatoms. The van der Waals surface area contributed by atoms with E-state index in [1.54, 1.807) is 126 Å². The molecule has 20 nitrogen and oxygen atoms in total. The zero-order chi connectivity index (χ0) is 107. The minimum absolute atomic E-state index is 0. The molecule has 790 valence electrons. The third kappa shape index (κ3) is 37.8. The van der Waals surface area contributed by atoms with E-state index in [2.05, 4.69) is 260 Å². The maximum atomic E-state index is 12.4. The molecule has 5 unspecified atom stereocenters. The van der Waals surface area contributed by atoms with Gasteiger partial charge in [-0.3, -0.25) is 26.4 Å². The minimum Gasteiger partial charge on any atom is -0.0901 e. The molecule has 0 spiro atoms. The van der Waals surface area contributed by atoms with Crippen LogP contribution >= 0.6 is 35.3 Å². The van der Waals surface area contributed by atoms with Crippen molar-refractivity contribution in [2.45, 2.75) is 217 Å². The summed E-state index contributed by atoms with van der Waals surface area (Å²) >= 11 is -4.37. The molecule has 2 bridgehead atoms. The molecule has 12 aromatic carbocycles. The number of oxime groups is 1. The number of hydrogen-bond acceptors (Lipinski definition) is 23. The number of carbonyl (C=O) groups excluding carboxylic acids is 2. The number of rotatable bonds is 29. The summed E-state index contributed by atoms with van der Waals surface area (Å²) in [5.74, 6) is -1.67. The van der Waals surface area contributed by atoms with Gasteiger partial charge in [0.05, 0.1) is 79.8 Å². The molecule has 12 aromatic rings. The van der Waals surface area contributed by atoms with E-state index in [0.29, 0.717) is 49.0 Å². The number of allylic oxidation sites excluding steroid dienone is 2. The van der Waals surface area contributed by atoms with Crippen LogP contribution < -0.4 is 4.70 Å². The number of ether oxygens (including phenoxy) is 3. The summed E-state index contributed by atoms with van der Waals surface area (Å²) in [6.07, 6.45) is 5.08. The second kappa shape index (κ2) is 54.8. The van der Waals surface area contributed by atoms with Gasteiger partial charge in [0.1, 0.15) is 34.0 Å². The first kappa shape index (κ1) is 123. The van der Waals surface area contributed by atoms with Crippen molar-refractivity contribution in [3.05, 3.63) is 372 Å². The van der Waals surface area contributed by atoms with E-state index in [4.69, 9.17) is 26.8 Å². The summed E-state index contributed by atoms with van der Waals surface area (Å²) in [5.41, 5.74) is 1.70. The van der Waals surface area contributed by atoms with E-state index in [1.807, 2.05) is 52.0 Å². The average Bonchev–Trinajstić information content (AvgIpc) is 0.813. The van der Waals surface area contributed by atoms with Gasteiger partial charge in [-0.05, 0) is 294 Å². The van der Waals surface area contributed by atoms with Crippen LogP contribution in [0, 0.1) is 61.7 Å². The smallest absolute Gasteiger partial charge is 0.0901 e. The van der Waals surface area contributed by atoms with Gasteiger partial charge in [0.25, 0.3) is 30.4 Å². The van der Waals surface area contributed by atoms with Crippen molar-refractivity contribution in [3.63, 3.8) is 0 Å². The average molecular weight is 2310 g/mol. The number of esters is 1. The number of hydrogen-bond donors (Lipinski definition) is 1. The van der Waals surface area contributed by atoms with E-state index in [-0.39, 0.29) is 72.3 Å². The van der Waals surface area contributed by atoms with E-state index in [9.17, 15) is 67.7 Å². The quantitative estimate of drug-likeness (QED) is 0.00666. The van der Waals surface area contributed by atoms with Gasteiger partial charge in [0.15, 0.2) is 35.2 Å². The number of halogens is 6. The molecular formula is C112H124F6N2O18S9Sb+. The number of nitriles is 1. The molecule has 17 rings (SSSR count). The molecule has 1 saturated heterocycles. The first-order chi connectivity index (χ1) is 68.7. The van der Waals surface area contributed by atoms with Gasteiger partial charge in [-0.25, -0.2) is 0 Å². The fourth-order valence-electron chi connectivity index (χ4n) is 15.2. The number of fused-ring (bicyclic) bond motifs is 2. The van der Waals surface area contributed by atoms with Crippen LogP contribution in [0.15, 0.2) is 413 Å². The van der Waals surface area contributed by atoms with Crippen LogP contribution in [-0.2, 0) is 103 Å². The van der Waals surface area contributed by atoms with Crippen LogP contribution in [0.3, 0.4) is 0 Å². The van der Waals surface area contributed by atoms with Gasteiger partial charge in [-0.15, -0.1) is 0 Å². The van der Waals surface area contributed by atoms with E-state index in [0.717, 1.165) is 39.1 Å². The summed E-state index contributed by atoms with van der Waals surface area (Å²) in [6.45, 7) is 25.1. The van der Waals surface area contributed by atoms with Gasteiger partial charge < -0.3 is 24.0 Å². The number of aryl methyl sites for hydroxylation is 4. The first-order valence-corrected chi connectivity index (χ1v) is 62.0. The topological polar surface area (TPSA) is 292 Å². The maximum absolute atomic E-state index is 12.4. The number of benzene rings is 12. The van der Waals surface area contributed by atoms with E-state index in [1.165, 1.54) is 98.8 Å². The molecular weight excluding hydrogens is 2190 g/mol. The molecule has 0 aromatic heterocycles. The summed E-state index contributed by atoms with van der Waals surface area (Å²) < 4.78 is 182. The maximum Gasteiger partial charge on any atom is 0.166 e. The number of thioether (sulfide) groups is 1. The van der Waals surface area contributed by atoms with Gasteiger partial charge >= 0.3 is 50.5 Å². The Morgan fingerprint density at radius 2 is 0.872 bits per heavy atom. The molecule has 3 aliphatic carbocycles. The van der Waals surface area contributed by atoms with Crippen molar-refractivity contribution in [1.29, 1.82) is 5.26 Å². The molecule has 5 aliphatic rings. The molecule has 2 heterocycles. The van der Waals surface area contributed by atoms with E-state index < -0.39 is 108 Å². The van der Waals surface area contributed by atoms with Crippen molar-refractivity contribution in [1.82, 2.24) is 0 Å². The normalized spacial score (nSPS) is 17.6. The van der Waals surface area contributed by atoms with Crippen LogP contribution in [-0.4, -0.2) is 131 Å². The number of carbonyl (C=O) groups is 2. The molecule has 148 heavy (non-hydrogen) atoms. The number of aliphatic hydroxyl groups is 1. The Labute approximate surface area is 891 Å². The van der Waals surface area contributed by atoms with Crippen LogP contribution in [0.25, 0.3) is 5.57 Å². The second-order valence-electron chi connectivity index (χ2n) is 36.4. The van der Waals surface area contributed by atoms with Gasteiger partial charge in [-0.1, -0.05) is 255 Å². The van der Waals surface area contributed by atoms with E-state index >= 15 is 0 Å².